The first-order valence-electron chi connectivity index (χ1n) is 13.9. The standard InChI is InChI=1S/C33H32N4O3S/c38-33-31(29-22-28(18-19-30(29)35-33)41(39,40)36-27-12-6-2-7-13-27)32(25-10-4-1-5-11-25)34-26-16-14-24(15-17-26)23-37-20-8-3-9-21-37/h1-2,4-7,10-19,22,34,36H,3,8-9,20-21,23H2,(H,35,38)/b32-31-. The van der Waals surface area contributed by atoms with Crippen molar-refractivity contribution in [1.29, 1.82) is 0 Å². The van der Waals surface area contributed by atoms with Crippen molar-refractivity contribution in [2.24, 2.45) is 0 Å². The Morgan fingerprint density at radius 2 is 1.46 bits per heavy atom. The van der Waals surface area contributed by atoms with Crippen molar-refractivity contribution in [3.05, 3.63) is 120 Å². The van der Waals surface area contributed by atoms with E-state index in [0.29, 0.717) is 28.2 Å². The second kappa shape index (κ2) is 11.6. The molecule has 1 fully saturated rings. The number of sulfonamides is 1. The molecule has 2 heterocycles. The summed E-state index contributed by atoms with van der Waals surface area (Å²) in [5.74, 6) is -0.293. The van der Waals surface area contributed by atoms with Crippen LogP contribution in [0, 0.1) is 0 Å². The predicted octanol–water partition coefficient (Wildman–Crippen LogP) is 6.41. The van der Waals surface area contributed by atoms with Gasteiger partial charge in [0.25, 0.3) is 15.9 Å². The van der Waals surface area contributed by atoms with E-state index in [1.54, 1.807) is 36.4 Å². The third kappa shape index (κ3) is 6.04. The Hall–Kier alpha value is -4.40. The van der Waals surface area contributed by atoms with Gasteiger partial charge in [0.2, 0.25) is 0 Å². The summed E-state index contributed by atoms with van der Waals surface area (Å²) in [7, 11) is -3.88. The van der Waals surface area contributed by atoms with Gasteiger partial charge in [-0.1, -0.05) is 67.1 Å². The monoisotopic (exact) mass is 564 g/mol. The fourth-order valence-electron chi connectivity index (χ4n) is 5.38. The lowest BCUT2D eigenvalue weighted by atomic mass is 10.00. The number of fused-ring (bicyclic) bond motifs is 1. The molecular weight excluding hydrogens is 532 g/mol. The molecule has 6 rings (SSSR count). The number of hydrogen-bond acceptors (Lipinski definition) is 5. The highest BCUT2D eigenvalue weighted by molar-refractivity contribution is 7.92. The quantitative estimate of drug-likeness (QED) is 0.215. The third-order valence-corrected chi connectivity index (χ3v) is 8.84. The number of nitrogens with zero attached hydrogens (tertiary/aromatic N) is 1. The molecule has 0 spiro atoms. The number of carbonyl (C=O) groups is 1. The van der Waals surface area contributed by atoms with Crippen molar-refractivity contribution < 1.29 is 13.2 Å². The first kappa shape index (κ1) is 26.8. The van der Waals surface area contributed by atoms with Crippen molar-refractivity contribution in [3.63, 3.8) is 0 Å². The summed E-state index contributed by atoms with van der Waals surface area (Å²) in [4.78, 5) is 15.9. The zero-order valence-corrected chi connectivity index (χ0v) is 23.5. The predicted molar refractivity (Wildman–Crippen MR) is 165 cm³/mol. The lowest BCUT2D eigenvalue weighted by molar-refractivity contribution is -0.110. The second-order valence-electron chi connectivity index (χ2n) is 10.4. The zero-order valence-electron chi connectivity index (χ0n) is 22.6. The fourth-order valence-corrected chi connectivity index (χ4v) is 6.46. The number of carbonyl (C=O) groups excluding carboxylic acids is 1. The minimum Gasteiger partial charge on any atom is -0.354 e. The maximum atomic E-state index is 13.4. The maximum Gasteiger partial charge on any atom is 0.261 e. The largest absolute Gasteiger partial charge is 0.354 e. The van der Waals surface area contributed by atoms with E-state index >= 15 is 0 Å². The van der Waals surface area contributed by atoms with Crippen LogP contribution in [0.2, 0.25) is 0 Å². The van der Waals surface area contributed by atoms with Gasteiger partial charge in [-0.05, 0) is 79.5 Å². The van der Waals surface area contributed by atoms with E-state index in [9.17, 15) is 13.2 Å². The molecule has 1 saturated heterocycles. The van der Waals surface area contributed by atoms with Crippen molar-refractivity contribution in [2.45, 2.75) is 30.7 Å². The number of rotatable bonds is 8. The van der Waals surface area contributed by atoms with Crippen molar-refractivity contribution in [3.8, 4) is 0 Å². The highest BCUT2D eigenvalue weighted by Gasteiger charge is 2.30. The molecular formula is C33H32N4O3S. The summed E-state index contributed by atoms with van der Waals surface area (Å²) in [6.45, 7) is 3.20. The molecule has 2 aliphatic heterocycles. The maximum absolute atomic E-state index is 13.4. The van der Waals surface area contributed by atoms with Crippen LogP contribution >= 0.6 is 0 Å². The molecule has 2 aliphatic rings. The van der Waals surface area contributed by atoms with E-state index in [1.165, 1.54) is 30.9 Å². The average Bonchev–Trinajstić information content (AvgIpc) is 3.33. The molecule has 0 radical (unpaired) electrons. The summed E-state index contributed by atoms with van der Waals surface area (Å²) in [5.41, 5.74) is 5.46. The molecule has 0 aliphatic carbocycles. The van der Waals surface area contributed by atoms with Gasteiger partial charge < -0.3 is 10.6 Å². The van der Waals surface area contributed by atoms with Crippen LogP contribution in [0.3, 0.4) is 0 Å². The Kier molecular flexibility index (Phi) is 7.59. The van der Waals surface area contributed by atoms with Gasteiger partial charge in [0.1, 0.15) is 0 Å². The molecule has 1 amide bonds. The minimum atomic E-state index is -3.88. The zero-order chi connectivity index (χ0) is 28.2. The Bertz CT molecular complexity index is 1680. The number of likely N-dealkylation sites (tertiary alicyclic amines) is 1. The normalized spacial score (nSPS) is 16.5. The lowest BCUT2D eigenvalue weighted by Crippen LogP contribution is -2.29. The van der Waals surface area contributed by atoms with Gasteiger partial charge in [0.15, 0.2) is 0 Å². The summed E-state index contributed by atoms with van der Waals surface area (Å²) in [6.07, 6.45) is 3.81. The number of amides is 1. The van der Waals surface area contributed by atoms with E-state index in [-0.39, 0.29) is 10.8 Å². The first-order valence-corrected chi connectivity index (χ1v) is 15.4. The van der Waals surface area contributed by atoms with Crippen LogP contribution in [0.15, 0.2) is 108 Å². The van der Waals surface area contributed by atoms with E-state index in [0.717, 1.165) is 30.9 Å². The van der Waals surface area contributed by atoms with Crippen LogP contribution in [-0.4, -0.2) is 32.3 Å². The number of hydrogen-bond donors (Lipinski definition) is 3. The van der Waals surface area contributed by atoms with Crippen LogP contribution in [0.4, 0.5) is 17.1 Å². The summed E-state index contributed by atoms with van der Waals surface area (Å²) in [6, 6.07) is 31.3. The van der Waals surface area contributed by atoms with Crippen LogP contribution < -0.4 is 15.4 Å². The third-order valence-electron chi connectivity index (χ3n) is 7.46. The Morgan fingerprint density at radius 3 is 2.17 bits per heavy atom. The Labute approximate surface area is 241 Å². The van der Waals surface area contributed by atoms with E-state index in [4.69, 9.17) is 0 Å². The highest BCUT2D eigenvalue weighted by atomic mass is 32.2. The number of benzene rings is 4. The molecule has 0 unspecified atom stereocenters. The molecule has 0 bridgehead atoms. The molecule has 3 N–H and O–H groups in total. The molecule has 4 aromatic rings. The van der Waals surface area contributed by atoms with E-state index < -0.39 is 10.0 Å². The topological polar surface area (TPSA) is 90.5 Å². The molecule has 7 nitrogen and oxygen atoms in total. The number of piperidine rings is 1. The van der Waals surface area contributed by atoms with Crippen LogP contribution in [-0.2, 0) is 21.4 Å². The molecule has 0 aromatic heterocycles. The van der Waals surface area contributed by atoms with Gasteiger partial charge in [-0.15, -0.1) is 0 Å². The van der Waals surface area contributed by atoms with Gasteiger partial charge in [0.05, 0.1) is 16.2 Å². The Morgan fingerprint density at radius 1 is 0.780 bits per heavy atom. The van der Waals surface area contributed by atoms with Gasteiger partial charge in [-0.25, -0.2) is 8.42 Å². The van der Waals surface area contributed by atoms with Crippen LogP contribution in [0.1, 0.15) is 36.0 Å². The minimum absolute atomic E-state index is 0.0728. The summed E-state index contributed by atoms with van der Waals surface area (Å²) in [5, 5.41) is 6.39. The van der Waals surface area contributed by atoms with Gasteiger partial charge >= 0.3 is 0 Å². The smallest absolute Gasteiger partial charge is 0.261 e. The number of anilines is 3. The van der Waals surface area contributed by atoms with Gasteiger partial charge in [-0.3, -0.25) is 14.4 Å². The molecule has 8 heteroatoms. The SMILES string of the molecule is O=C1Nc2ccc(S(=O)(=O)Nc3ccccc3)cc2/C1=C(/Nc1ccc(CN2CCCCC2)cc1)c1ccccc1. The van der Waals surface area contributed by atoms with Gasteiger partial charge in [-0.2, -0.15) is 0 Å². The van der Waals surface area contributed by atoms with Gasteiger partial charge in [0, 0.05) is 29.2 Å². The molecule has 41 heavy (non-hydrogen) atoms. The summed E-state index contributed by atoms with van der Waals surface area (Å²) >= 11 is 0. The Balaban J connectivity index is 1.35. The average molecular weight is 565 g/mol. The van der Waals surface area contributed by atoms with Crippen molar-refractivity contribution in [2.75, 3.05) is 28.4 Å². The van der Waals surface area contributed by atoms with Crippen molar-refractivity contribution in [1.82, 2.24) is 4.90 Å². The molecule has 0 saturated carbocycles. The summed E-state index contributed by atoms with van der Waals surface area (Å²) < 4.78 is 29.1. The number of para-hydroxylation sites is 1. The molecule has 4 aromatic carbocycles. The molecule has 0 atom stereocenters. The fraction of sp³-hybridized carbons (Fsp3) is 0.182. The van der Waals surface area contributed by atoms with Crippen molar-refractivity contribution >= 4 is 44.3 Å². The lowest BCUT2D eigenvalue weighted by Gasteiger charge is -2.26. The second-order valence-corrected chi connectivity index (χ2v) is 12.1. The highest BCUT2D eigenvalue weighted by Crippen LogP contribution is 2.39. The van der Waals surface area contributed by atoms with E-state index in [2.05, 4.69) is 32.4 Å². The molecule has 208 valence electrons. The van der Waals surface area contributed by atoms with Crippen LogP contribution in [0.5, 0.6) is 0 Å². The number of nitrogens with one attached hydrogen (secondary N) is 3. The van der Waals surface area contributed by atoms with E-state index in [1.807, 2.05) is 48.5 Å². The van der Waals surface area contributed by atoms with Crippen LogP contribution in [0.25, 0.3) is 11.3 Å². The first-order chi connectivity index (χ1) is 20.0.